The Hall–Kier alpha value is -0.610. The van der Waals surface area contributed by atoms with Gasteiger partial charge in [-0.25, -0.2) is 0 Å². The van der Waals surface area contributed by atoms with Gasteiger partial charge in [0.05, 0.1) is 0 Å². The summed E-state index contributed by atoms with van der Waals surface area (Å²) in [5.41, 5.74) is -0.111. The SMILES string of the molecule is O=C(O)C1(N2CC3(CCOCC3)C2)CCC1. The molecule has 16 heavy (non-hydrogen) atoms. The smallest absolute Gasteiger partial charge is 0.324 e. The van der Waals surface area contributed by atoms with E-state index in [0.29, 0.717) is 5.41 Å². The van der Waals surface area contributed by atoms with Gasteiger partial charge in [0, 0.05) is 31.7 Å². The van der Waals surface area contributed by atoms with Gasteiger partial charge in [0.15, 0.2) is 0 Å². The second kappa shape index (κ2) is 3.44. The van der Waals surface area contributed by atoms with Gasteiger partial charge in [-0.1, -0.05) is 0 Å². The zero-order valence-corrected chi connectivity index (χ0v) is 9.57. The summed E-state index contributed by atoms with van der Waals surface area (Å²) in [4.78, 5) is 13.5. The lowest BCUT2D eigenvalue weighted by Crippen LogP contribution is -2.71. The van der Waals surface area contributed by atoms with Gasteiger partial charge in [-0.15, -0.1) is 0 Å². The van der Waals surface area contributed by atoms with Crippen LogP contribution in [0, 0.1) is 5.41 Å². The number of aliphatic carboxylic acids is 1. The molecule has 0 radical (unpaired) electrons. The van der Waals surface area contributed by atoms with E-state index in [0.717, 1.165) is 58.4 Å². The molecule has 0 atom stereocenters. The van der Waals surface area contributed by atoms with E-state index in [1.165, 1.54) is 0 Å². The van der Waals surface area contributed by atoms with Gasteiger partial charge in [0.1, 0.15) is 5.54 Å². The second-order valence-electron chi connectivity index (χ2n) is 5.66. The fourth-order valence-electron chi connectivity index (χ4n) is 3.36. The van der Waals surface area contributed by atoms with Crippen LogP contribution in [-0.4, -0.2) is 47.8 Å². The second-order valence-corrected chi connectivity index (χ2v) is 5.66. The lowest BCUT2D eigenvalue weighted by atomic mass is 9.66. The maximum absolute atomic E-state index is 11.3. The zero-order chi connectivity index (χ0) is 11.2. The third-order valence-corrected chi connectivity index (χ3v) is 4.79. The number of carbonyl (C=O) groups is 1. The molecule has 1 N–H and O–H groups in total. The van der Waals surface area contributed by atoms with Crippen molar-refractivity contribution in [3.05, 3.63) is 0 Å². The Bertz CT molecular complexity index is 297. The largest absolute Gasteiger partial charge is 0.480 e. The molecule has 0 aromatic heterocycles. The molecular formula is C12H19NO3. The fourth-order valence-corrected chi connectivity index (χ4v) is 3.36. The predicted octanol–water partition coefficient (Wildman–Crippen LogP) is 1.11. The number of likely N-dealkylation sites (tertiary alicyclic amines) is 1. The van der Waals surface area contributed by atoms with Crippen LogP contribution in [0.1, 0.15) is 32.1 Å². The Morgan fingerprint density at radius 1 is 1.12 bits per heavy atom. The third-order valence-electron chi connectivity index (χ3n) is 4.79. The molecule has 3 aliphatic rings. The quantitative estimate of drug-likeness (QED) is 0.764. The van der Waals surface area contributed by atoms with Crippen molar-refractivity contribution in [1.82, 2.24) is 4.90 Å². The van der Waals surface area contributed by atoms with Crippen molar-refractivity contribution in [3.63, 3.8) is 0 Å². The van der Waals surface area contributed by atoms with Gasteiger partial charge in [0.25, 0.3) is 0 Å². The van der Waals surface area contributed by atoms with Crippen molar-refractivity contribution in [2.45, 2.75) is 37.6 Å². The van der Waals surface area contributed by atoms with Crippen LogP contribution in [0.25, 0.3) is 0 Å². The van der Waals surface area contributed by atoms with Gasteiger partial charge in [0.2, 0.25) is 0 Å². The summed E-state index contributed by atoms with van der Waals surface area (Å²) < 4.78 is 5.37. The Morgan fingerprint density at radius 3 is 2.19 bits per heavy atom. The molecule has 90 valence electrons. The number of carboxylic acid groups (broad SMARTS) is 1. The highest BCUT2D eigenvalue weighted by Crippen LogP contribution is 2.49. The minimum absolute atomic E-state index is 0.385. The summed E-state index contributed by atoms with van der Waals surface area (Å²) in [7, 11) is 0. The molecule has 0 amide bonds. The van der Waals surface area contributed by atoms with Gasteiger partial charge in [-0.2, -0.15) is 0 Å². The molecule has 2 aliphatic heterocycles. The first-order valence-corrected chi connectivity index (χ1v) is 6.23. The minimum atomic E-state index is -0.611. The lowest BCUT2D eigenvalue weighted by Gasteiger charge is -2.60. The Morgan fingerprint density at radius 2 is 1.75 bits per heavy atom. The Kier molecular flexibility index (Phi) is 2.27. The molecular weight excluding hydrogens is 206 g/mol. The van der Waals surface area contributed by atoms with Gasteiger partial charge < -0.3 is 9.84 Å². The normalized spacial score (nSPS) is 31.8. The van der Waals surface area contributed by atoms with Crippen LogP contribution in [0.3, 0.4) is 0 Å². The van der Waals surface area contributed by atoms with E-state index in [1.54, 1.807) is 0 Å². The van der Waals surface area contributed by atoms with Crippen LogP contribution in [0.5, 0.6) is 0 Å². The number of rotatable bonds is 2. The summed E-state index contributed by atoms with van der Waals surface area (Å²) in [5, 5.41) is 9.34. The summed E-state index contributed by atoms with van der Waals surface area (Å²) in [5.74, 6) is -0.611. The summed E-state index contributed by atoms with van der Waals surface area (Å²) >= 11 is 0. The van der Waals surface area contributed by atoms with Crippen LogP contribution in [0.4, 0.5) is 0 Å². The topological polar surface area (TPSA) is 49.8 Å². The number of nitrogens with zero attached hydrogens (tertiary/aromatic N) is 1. The van der Waals surface area contributed by atoms with Crippen molar-refractivity contribution in [2.24, 2.45) is 5.41 Å². The van der Waals surface area contributed by atoms with E-state index in [1.807, 2.05) is 0 Å². The standard InChI is InChI=1S/C12H19NO3/c14-10(15)12(2-1-3-12)13-8-11(9-13)4-6-16-7-5-11/h1-9H2,(H,14,15). The van der Waals surface area contributed by atoms with Crippen LogP contribution >= 0.6 is 0 Å². The highest BCUT2D eigenvalue weighted by atomic mass is 16.5. The van der Waals surface area contributed by atoms with Crippen LogP contribution in [-0.2, 0) is 9.53 Å². The first-order chi connectivity index (χ1) is 7.67. The van der Waals surface area contributed by atoms with E-state index in [2.05, 4.69) is 4.90 Å². The Labute approximate surface area is 95.6 Å². The molecule has 3 fully saturated rings. The van der Waals surface area contributed by atoms with Gasteiger partial charge >= 0.3 is 5.97 Å². The average Bonchev–Trinajstić information content (AvgIpc) is 2.14. The van der Waals surface area contributed by atoms with Crippen LogP contribution in [0.15, 0.2) is 0 Å². The molecule has 0 aromatic carbocycles. The van der Waals surface area contributed by atoms with E-state index in [9.17, 15) is 9.90 Å². The Balaban J connectivity index is 1.65. The number of hydrogen-bond donors (Lipinski definition) is 1. The summed E-state index contributed by atoms with van der Waals surface area (Å²) in [6, 6.07) is 0. The first kappa shape index (κ1) is 10.5. The fraction of sp³-hybridized carbons (Fsp3) is 0.917. The zero-order valence-electron chi connectivity index (χ0n) is 9.57. The third kappa shape index (κ3) is 1.32. The number of ether oxygens (including phenoxy) is 1. The molecule has 2 saturated heterocycles. The van der Waals surface area contributed by atoms with Gasteiger partial charge in [-0.3, -0.25) is 9.69 Å². The molecule has 4 nitrogen and oxygen atoms in total. The van der Waals surface area contributed by atoms with E-state index >= 15 is 0 Å². The molecule has 0 unspecified atom stereocenters. The number of hydrogen-bond acceptors (Lipinski definition) is 3. The summed E-state index contributed by atoms with van der Waals surface area (Å²) in [6.07, 6.45) is 4.97. The molecule has 4 heteroatoms. The maximum atomic E-state index is 11.3. The van der Waals surface area contributed by atoms with Crippen LogP contribution < -0.4 is 0 Å². The maximum Gasteiger partial charge on any atom is 0.324 e. The number of carboxylic acids is 1. The molecule has 1 spiro atoms. The molecule has 1 aliphatic carbocycles. The molecule has 2 heterocycles. The van der Waals surface area contributed by atoms with Crippen molar-refractivity contribution in [1.29, 1.82) is 0 Å². The predicted molar refractivity (Wildman–Crippen MR) is 58.3 cm³/mol. The highest BCUT2D eigenvalue weighted by Gasteiger charge is 2.57. The van der Waals surface area contributed by atoms with Crippen molar-refractivity contribution >= 4 is 5.97 Å². The monoisotopic (exact) mass is 225 g/mol. The average molecular weight is 225 g/mol. The van der Waals surface area contributed by atoms with Gasteiger partial charge in [-0.05, 0) is 32.1 Å². The van der Waals surface area contributed by atoms with E-state index < -0.39 is 11.5 Å². The van der Waals surface area contributed by atoms with Crippen LogP contribution in [0.2, 0.25) is 0 Å². The minimum Gasteiger partial charge on any atom is -0.480 e. The first-order valence-electron chi connectivity index (χ1n) is 6.23. The molecule has 1 saturated carbocycles. The van der Waals surface area contributed by atoms with E-state index in [-0.39, 0.29) is 0 Å². The van der Waals surface area contributed by atoms with Crippen molar-refractivity contribution < 1.29 is 14.6 Å². The molecule has 0 aromatic rings. The van der Waals surface area contributed by atoms with E-state index in [4.69, 9.17) is 4.74 Å². The lowest BCUT2D eigenvalue weighted by molar-refractivity contribution is -0.182. The molecule has 0 bridgehead atoms. The van der Waals surface area contributed by atoms with Crippen molar-refractivity contribution in [3.8, 4) is 0 Å². The molecule has 3 rings (SSSR count). The highest BCUT2D eigenvalue weighted by molar-refractivity contribution is 5.80. The summed E-state index contributed by atoms with van der Waals surface area (Å²) in [6.45, 7) is 3.66. The van der Waals surface area contributed by atoms with Crippen molar-refractivity contribution in [2.75, 3.05) is 26.3 Å².